The van der Waals surface area contributed by atoms with E-state index < -0.39 is 5.97 Å². The molecule has 60 valence electrons. The predicted octanol–water partition coefficient (Wildman–Crippen LogP) is 1.97. The van der Waals surface area contributed by atoms with Gasteiger partial charge >= 0.3 is 5.97 Å². The molecular weight excluding hydrogens is 186 g/mol. The highest BCUT2D eigenvalue weighted by Gasteiger charge is 2.13. The molecule has 0 saturated carbocycles. The molecule has 11 heavy (non-hydrogen) atoms. The Labute approximate surface area is 73.0 Å². The summed E-state index contributed by atoms with van der Waals surface area (Å²) in [6, 6.07) is 0. The minimum absolute atomic E-state index is 0.216. The van der Waals surface area contributed by atoms with Gasteiger partial charge in [-0.05, 0) is 6.92 Å². The van der Waals surface area contributed by atoms with Gasteiger partial charge in [0.05, 0.1) is 12.1 Å². The predicted molar refractivity (Wildman–Crippen MR) is 43.1 cm³/mol. The Bertz CT molecular complexity index is 261. The molecule has 0 N–H and O–H groups in total. The van der Waals surface area contributed by atoms with Crippen LogP contribution in [0.5, 0.6) is 0 Å². The molecule has 0 aliphatic rings. The summed E-state index contributed by atoms with van der Waals surface area (Å²) in [6.45, 7) is 2.10. The van der Waals surface area contributed by atoms with Crippen LogP contribution in [0.2, 0.25) is 5.15 Å². The highest BCUT2D eigenvalue weighted by Crippen LogP contribution is 2.18. The second-order valence-corrected chi connectivity index (χ2v) is 2.91. The van der Waals surface area contributed by atoms with Crippen molar-refractivity contribution < 1.29 is 9.53 Å². The van der Waals surface area contributed by atoms with E-state index in [-0.39, 0.29) is 5.15 Å². The van der Waals surface area contributed by atoms with Gasteiger partial charge in [0, 0.05) is 0 Å². The molecule has 1 rings (SSSR count). The highest BCUT2D eigenvalue weighted by atomic mass is 35.5. The first-order valence-corrected chi connectivity index (χ1v) is 4.27. The molecule has 5 heteroatoms. The molecule has 0 fully saturated rings. The summed E-state index contributed by atoms with van der Waals surface area (Å²) in [7, 11) is 0. The molecule has 1 aromatic rings. The van der Waals surface area contributed by atoms with Gasteiger partial charge in [0.25, 0.3) is 0 Å². The average Bonchev–Trinajstić information content (AvgIpc) is 2.36. The zero-order valence-electron chi connectivity index (χ0n) is 5.83. The van der Waals surface area contributed by atoms with Crippen molar-refractivity contribution in [3.05, 3.63) is 15.5 Å². The summed E-state index contributed by atoms with van der Waals surface area (Å²) in [5.41, 5.74) is 1.51. The van der Waals surface area contributed by atoms with Crippen LogP contribution in [0.3, 0.4) is 0 Å². The third-order valence-electron chi connectivity index (χ3n) is 0.985. The van der Waals surface area contributed by atoms with E-state index in [1.165, 1.54) is 16.8 Å². The summed E-state index contributed by atoms with van der Waals surface area (Å²) >= 11 is 6.75. The lowest BCUT2D eigenvalue weighted by molar-refractivity contribution is 0.0532. The van der Waals surface area contributed by atoms with Crippen molar-refractivity contribution in [3.8, 4) is 0 Å². The fourth-order valence-electron chi connectivity index (χ4n) is 0.562. The van der Waals surface area contributed by atoms with Gasteiger partial charge in [0.1, 0.15) is 0 Å². The third-order valence-corrected chi connectivity index (χ3v) is 2.19. The fraction of sp³-hybridized carbons (Fsp3) is 0.333. The summed E-state index contributed by atoms with van der Waals surface area (Å²) in [4.78, 5) is 15.1. The molecule has 0 unspecified atom stereocenters. The molecule has 1 heterocycles. The zero-order valence-corrected chi connectivity index (χ0v) is 7.41. The van der Waals surface area contributed by atoms with E-state index >= 15 is 0 Å². The quantitative estimate of drug-likeness (QED) is 0.671. The average molecular weight is 192 g/mol. The van der Waals surface area contributed by atoms with Crippen molar-refractivity contribution in [3.63, 3.8) is 0 Å². The minimum Gasteiger partial charge on any atom is -0.462 e. The van der Waals surface area contributed by atoms with Crippen LogP contribution in [0.15, 0.2) is 5.51 Å². The summed E-state index contributed by atoms with van der Waals surface area (Å²) < 4.78 is 4.71. The van der Waals surface area contributed by atoms with E-state index in [1.807, 2.05) is 0 Å². The van der Waals surface area contributed by atoms with E-state index in [1.54, 1.807) is 6.92 Å². The molecular formula is C6H6ClNO2S. The number of rotatable bonds is 2. The van der Waals surface area contributed by atoms with Crippen molar-refractivity contribution in [1.82, 2.24) is 4.98 Å². The van der Waals surface area contributed by atoms with Gasteiger partial charge in [-0.15, -0.1) is 11.3 Å². The van der Waals surface area contributed by atoms with Gasteiger partial charge in [-0.3, -0.25) is 0 Å². The zero-order chi connectivity index (χ0) is 8.27. The summed E-state index contributed by atoms with van der Waals surface area (Å²) in [6.07, 6.45) is 0. The Kier molecular flexibility index (Phi) is 2.84. The standard InChI is InChI=1S/C6H6ClNO2S/c1-2-10-6(9)4-5(7)8-3-11-4/h3H,2H2,1H3. The van der Waals surface area contributed by atoms with Gasteiger partial charge in [-0.25, -0.2) is 9.78 Å². The first-order chi connectivity index (χ1) is 5.25. The molecule has 0 spiro atoms. The molecule has 0 radical (unpaired) electrons. The smallest absolute Gasteiger partial charge is 0.351 e. The Hall–Kier alpha value is -0.610. The second-order valence-electron chi connectivity index (χ2n) is 1.69. The monoisotopic (exact) mass is 191 g/mol. The number of aromatic nitrogens is 1. The maximum absolute atomic E-state index is 11.0. The normalized spacial score (nSPS) is 9.64. The number of thiazole rings is 1. The van der Waals surface area contributed by atoms with Crippen LogP contribution >= 0.6 is 22.9 Å². The molecule has 0 bridgehead atoms. The lowest BCUT2D eigenvalue weighted by Crippen LogP contribution is -2.02. The van der Waals surface area contributed by atoms with Crippen molar-refractivity contribution in [2.24, 2.45) is 0 Å². The van der Waals surface area contributed by atoms with Crippen molar-refractivity contribution in [2.45, 2.75) is 6.92 Å². The number of hydrogen-bond donors (Lipinski definition) is 0. The first kappa shape index (κ1) is 8.49. The number of halogens is 1. The first-order valence-electron chi connectivity index (χ1n) is 3.01. The van der Waals surface area contributed by atoms with Crippen LogP contribution in [0.1, 0.15) is 16.6 Å². The van der Waals surface area contributed by atoms with Crippen molar-refractivity contribution >= 4 is 28.9 Å². The van der Waals surface area contributed by atoms with Gasteiger partial charge in [-0.2, -0.15) is 0 Å². The largest absolute Gasteiger partial charge is 0.462 e. The third kappa shape index (κ3) is 1.91. The number of carbonyl (C=O) groups is 1. The van der Waals surface area contributed by atoms with Gasteiger partial charge in [0.2, 0.25) is 0 Å². The Morgan fingerprint density at radius 2 is 2.64 bits per heavy atom. The minimum atomic E-state index is -0.403. The van der Waals surface area contributed by atoms with E-state index in [2.05, 4.69) is 4.98 Å². The Balaban J connectivity index is 2.76. The molecule has 1 aromatic heterocycles. The molecule has 0 aromatic carbocycles. The van der Waals surface area contributed by atoms with Crippen LogP contribution in [0.4, 0.5) is 0 Å². The molecule has 3 nitrogen and oxygen atoms in total. The van der Waals surface area contributed by atoms with Crippen LogP contribution in [-0.4, -0.2) is 17.6 Å². The molecule has 0 aliphatic heterocycles. The van der Waals surface area contributed by atoms with Crippen LogP contribution in [0.25, 0.3) is 0 Å². The second kappa shape index (κ2) is 3.69. The van der Waals surface area contributed by atoms with Gasteiger partial charge < -0.3 is 4.74 Å². The molecule has 0 saturated heterocycles. The van der Waals surface area contributed by atoms with Crippen LogP contribution in [0, 0.1) is 0 Å². The van der Waals surface area contributed by atoms with Crippen LogP contribution < -0.4 is 0 Å². The number of ether oxygens (including phenoxy) is 1. The van der Waals surface area contributed by atoms with Crippen molar-refractivity contribution in [1.29, 1.82) is 0 Å². The fourth-order valence-corrected chi connectivity index (χ4v) is 1.45. The van der Waals surface area contributed by atoms with E-state index in [9.17, 15) is 4.79 Å². The molecule has 0 amide bonds. The highest BCUT2D eigenvalue weighted by molar-refractivity contribution is 7.12. The van der Waals surface area contributed by atoms with Crippen molar-refractivity contribution in [2.75, 3.05) is 6.61 Å². The maximum atomic E-state index is 11.0. The van der Waals surface area contributed by atoms with E-state index in [4.69, 9.17) is 16.3 Å². The molecule has 0 aliphatic carbocycles. The Morgan fingerprint density at radius 3 is 3.09 bits per heavy atom. The van der Waals surface area contributed by atoms with E-state index in [0.29, 0.717) is 11.5 Å². The van der Waals surface area contributed by atoms with E-state index in [0.717, 1.165) is 0 Å². The van der Waals surface area contributed by atoms with Gasteiger partial charge in [-0.1, -0.05) is 11.6 Å². The summed E-state index contributed by atoms with van der Waals surface area (Å²) in [5, 5.41) is 0.216. The SMILES string of the molecule is CCOC(=O)c1scnc1Cl. The topological polar surface area (TPSA) is 39.2 Å². The number of nitrogens with zero attached hydrogens (tertiary/aromatic N) is 1. The number of esters is 1. The lowest BCUT2D eigenvalue weighted by Gasteiger charge is -1.96. The number of carbonyl (C=O) groups excluding carboxylic acids is 1. The Morgan fingerprint density at radius 1 is 1.91 bits per heavy atom. The maximum Gasteiger partial charge on any atom is 0.351 e. The lowest BCUT2D eigenvalue weighted by atomic mass is 10.5. The molecule has 0 atom stereocenters. The number of hydrogen-bond acceptors (Lipinski definition) is 4. The van der Waals surface area contributed by atoms with Crippen LogP contribution in [-0.2, 0) is 4.74 Å². The van der Waals surface area contributed by atoms with Gasteiger partial charge in [0.15, 0.2) is 10.0 Å². The summed E-state index contributed by atoms with van der Waals surface area (Å²) in [5.74, 6) is -0.403.